The van der Waals surface area contributed by atoms with Gasteiger partial charge in [-0.2, -0.15) is 0 Å². The fourth-order valence-corrected chi connectivity index (χ4v) is 2.82. The predicted octanol–water partition coefficient (Wildman–Crippen LogP) is 4.31. The van der Waals surface area contributed by atoms with Crippen molar-refractivity contribution >= 4 is 11.8 Å². The Bertz CT molecular complexity index is 255. The third-order valence-corrected chi connectivity index (χ3v) is 3.38. The maximum Gasteiger partial charge on any atom is 0.0107 e. The lowest BCUT2D eigenvalue weighted by atomic mass is 9.98. The number of fused-ring (bicyclic) bond motifs is 1. The number of thioether (sulfide) groups is 1. The average molecular weight is 194 g/mol. The first-order valence-corrected chi connectivity index (χ1v) is 6.08. The monoisotopic (exact) mass is 194 g/mol. The second kappa shape index (κ2) is 5.33. The zero-order chi connectivity index (χ0) is 9.68. The molecule has 0 fully saturated rings. The summed E-state index contributed by atoms with van der Waals surface area (Å²) in [6, 6.07) is 8.76. The van der Waals surface area contributed by atoms with Crippen LogP contribution in [0.2, 0.25) is 0 Å². The number of benzene rings is 1. The molecule has 1 heteroatoms. The van der Waals surface area contributed by atoms with Crippen molar-refractivity contribution < 1.29 is 0 Å². The molecule has 1 aromatic rings. The van der Waals surface area contributed by atoms with Crippen molar-refractivity contribution in [3.8, 4) is 0 Å². The van der Waals surface area contributed by atoms with E-state index in [4.69, 9.17) is 0 Å². The van der Waals surface area contributed by atoms with E-state index in [-0.39, 0.29) is 0 Å². The molecule has 1 aliphatic rings. The molecule has 2 rings (SSSR count). The summed E-state index contributed by atoms with van der Waals surface area (Å²) in [6.07, 6.45) is 1.34. The Kier molecular flexibility index (Phi) is 4.37. The van der Waals surface area contributed by atoms with Crippen molar-refractivity contribution in [3.63, 3.8) is 0 Å². The molecule has 0 N–H and O–H groups in total. The molecule has 0 spiro atoms. The molecule has 1 heterocycles. The Morgan fingerprint density at radius 3 is 2.62 bits per heavy atom. The van der Waals surface area contributed by atoms with Crippen LogP contribution < -0.4 is 0 Å². The van der Waals surface area contributed by atoms with Crippen molar-refractivity contribution in [1.29, 1.82) is 0 Å². The van der Waals surface area contributed by atoms with Gasteiger partial charge >= 0.3 is 0 Å². The van der Waals surface area contributed by atoms with Gasteiger partial charge in [0.05, 0.1) is 0 Å². The third kappa shape index (κ3) is 2.50. The van der Waals surface area contributed by atoms with Gasteiger partial charge in [0.25, 0.3) is 0 Å². The highest BCUT2D eigenvalue weighted by Gasteiger charge is 2.14. The summed E-state index contributed by atoms with van der Waals surface area (Å²) in [5.41, 5.74) is 1.55. The molecule has 72 valence electrons. The lowest BCUT2D eigenvalue weighted by Crippen LogP contribution is -2.02. The third-order valence-electron chi connectivity index (χ3n) is 2.26. The maximum atomic E-state index is 2.32. The molecule has 0 amide bonds. The number of hydrogen-bond acceptors (Lipinski definition) is 1. The summed E-state index contributed by atoms with van der Waals surface area (Å²) in [7, 11) is 0. The lowest BCUT2D eigenvalue weighted by Gasteiger charge is -2.20. The Hall–Kier alpha value is -0.430. The standard InChI is InChI=1S/C10H12S.C2H6/c1-8-6-7-11-10-5-3-2-4-9(8)10;1-2/h2-5,8H,6-7H2,1H3;1-2H3. The zero-order valence-electron chi connectivity index (χ0n) is 8.71. The zero-order valence-corrected chi connectivity index (χ0v) is 9.53. The van der Waals surface area contributed by atoms with Gasteiger partial charge < -0.3 is 0 Å². The number of rotatable bonds is 0. The molecule has 0 nitrogen and oxygen atoms in total. The van der Waals surface area contributed by atoms with Gasteiger partial charge in [-0.05, 0) is 29.7 Å². The molecule has 1 atom stereocenters. The first-order chi connectivity index (χ1) is 6.38. The van der Waals surface area contributed by atoms with Crippen molar-refractivity contribution in [2.24, 2.45) is 0 Å². The van der Waals surface area contributed by atoms with Crippen LogP contribution in [0.3, 0.4) is 0 Å². The normalized spacial score (nSPS) is 19.8. The minimum absolute atomic E-state index is 0.771. The van der Waals surface area contributed by atoms with E-state index in [9.17, 15) is 0 Å². The lowest BCUT2D eigenvalue weighted by molar-refractivity contribution is 0.713. The summed E-state index contributed by atoms with van der Waals surface area (Å²) < 4.78 is 0. The van der Waals surface area contributed by atoms with E-state index in [1.807, 2.05) is 25.6 Å². The van der Waals surface area contributed by atoms with E-state index in [0.717, 1.165) is 5.92 Å². The van der Waals surface area contributed by atoms with Gasteiger partial charge in [-0.1, -0.05) is 39.0 Å². The molecule has 0 aliphatic carbocycles. The molecule has 13 heavy (non-hydrogen) atoms. The summed E-state index contributed by atoms with van der Waals surface area (Å²) in [5.74, 6) is 2.06. The Morgan fingerprint density at radius 1 is 1.23 bits per heavy atom. The highest BCUT2D eigenvalue weighted by atomic mass is 32.2. The largest absolute Gasteiger partial charge is 0.126 e. The molecule has 0 radical (unpaired) electrons. The summed E-state index contributed by atoms with van der Waals surface area (Å²) in [4.78, 5) is 1.49. The SMILES string of the molecule is CC.CC1CCSc2ccccc21. The van der Waals surface area contributed by atoms with Gasteiger partial charge in [0.1, 0.15) is 0 Å². The Morgan fingerprint density at radius 2 is 1.92 bits per heavy atom. The van der Waals surface area contributed by atoms with Crippen LogP contribution in [-0.2, 0) is 0 Å². The van der Waals surface area contributed by atoms with Crippen LogP contribution in [-0.4, -0.2) is 5.75 Å². The van der Waals surface area contributed by atoms with Crippen LogP contribution in [0.1, 0.15) is 38.7 Å². The topological polar surface area (TPSA) is 0 Å². The fourth-order valence-electron chi connectivity index (χ4n) is 1.52. The summed E-state index contributed by atoms with van der Waals surface area (Å²) in [6.45, 7) is 6.32. The van der Waals surface area contributed by atoms with Crippen LogP contribution in [0.5, 0.6) is 0 Å². The molecule has 0 saturated heterocycles. The molecule has 1 aliphatic heterocycles. The Balaban J connectivity index is 0.000000396. The van der Waals surface area contributed by atoms with Crippen LogP contribution in [0, 0.1) is 0 Å². The smallest absolute Gasteiger partial charge is 0.0107 e. The van der Waals surface area contributed by atoms with Crippen molar-refractivity contribution in [3.05, 3.63) is 29.8 Å². The summed E-state index contributed by atoms with van der Waals surface area (Å²) in [5, 5.41) is 0. The maximum absolute atomic E-state index is 2.32. The Labute approximate surface area is 85.7 Å². The second-order valence-electron chi connectivity index (χ2n) is 3.08. The molecule has 0 saturated carbocycles. The quantitative estimate of drug-likeness (QED) is 0.593. The second-order valence-corrected chi connectivity index (χ2v) is 4.21. The predicted molar refractivity (Wildman–Crippen MR) is 61.5 cm³/mol. The highest BCUT2D eigenvalue weighted by molar-refractivity contribution is 7.99. The molecule has 1 aromatic carbocycles. The molecule has 1 unspecified atom stereocenters. The van der Waals surface area contributed by atoms with Crippen LogP contribution >= 0.6 is 11.8 Å². The molecular formula is C12H18S. The number of hydrogen-bond donors (Lipinski definition) is 0. The molecular weight excluding hydrogens is 176 g/mol. The van der Waals surface area contributed by atoms with Crippen molar-refractivity contribution in [2.75, 3.05) is 5.75 Å². The van der Waals surface area contributed by atoms with Gasteiger partial charge in [0, 0.05) is 4.90 Å². The van der Waals surface area contributed by atoms with Crippen LogP contribution in [0.15, 0.2) is 29.2 Å². The molecule has 0 bridgehead atoms. The average Bonchev–Trinajstić information content (AvgIpc) is 2.22. The molecule has 0 aromatic heterocycles. The van der Waals surface area contributed by atoms with E-state index in [1.165, 1.54) is 17.1 Å². The minimum Gasteiger partial charge on any atom is -0.126 e. The van der Waals surface area contributed by atoms with Crippen molar-refractivity contribution in [2.45, 2.75) is 38.0 Å². The summed E-state index contributed by atoms with van der Waals surface area (Å²) >= 11 is 1.99. The van der Waals surface area contributed by atoms with Gasteiger partial charge in [-0.25, -0.2) is 0 Å². The van der Waals surface area contributed by atoms with Crippen LogP contribution in [0.4, 0.5) is 0 Å². The van der Waals surface area contributed by atoms with E-state index in [0.29, 0.717) is 0 Å². The fraction of sp³-hybridized carbons (Fsp3) is 0.500. The highest BCUT2D eigenvalue weighted by Crippen LogP contribution is 2.36. The van der Waals surface area contributed by atoms with E-state index < -0.39 is 0 Å². The van der Waals surface area contributed by atoms with Gasteiger partial charge in [0.2, 0.25) is 0 Å². The first-order valence-electron chi connectivity index (χ1n) is 5.09. The van der Waals surface area contributed by atoms with Gasteiger partial charge in [0.15, 0.2) is 0 Å². The minimum atomic E-state index is 0.771. The van der Waals surface area contributed by atoms with E-state index in [1.54, 1.807) is 5.56 Å². The van der Waals surface area contributed by atoms with Crippen molar-refractivity contribution in [1.82, 2.24) is 0 Å². The van der Waals surface area contributed by atoms with Gasteiger partial charge in [-0.3, -0.25) is 0 Å². The van der Waals surface area contributed by atoms with E-state index in [2.05, 4.69) is 31.2 Å². The first kappa shape index (κ1) is 10.6. The van der Waals surface area contributed by atoms with E-state index >= 15 is 0 Å². The van der Waals surface area contributed by atoms with Gasteiger partial charge in [-0.15, -0.1) is 11.8 Å². The van der Waals surface area contributed by atoms with Crippen LogP contribution in [0.25, 0.3) is 0 Å².